The molecule has 5 heteroatoms. The van der Waals surface area contributed by atoms with E-state index < -0.39 is 12.0 Å². The molecule has 2 unspecified atom stereocenters. The second-order valence-corrected chi connectivity index (χ2v) is 5.56. The molecule has 2 amide bonds. The lowest BCUT2D eigenvalue weighted by atomic mass is 9.99. The fourth-order valence-electron chi connectivity index (χ4n) is 1.74. The second kappa shape index (κ2) is 4.94. The fourth-order valence-corrected chi connectivity index (χ4v) is 1.74. The van der Waals surface area contributed by atoms with Gasteiger partial charge in [-0.1, -0.05) is 34.1 Å². The minimum absolute atomic E-state index is 0.0783. The zero-order valence-corrected chi connectivity index (χ0v) is 10.9. The van der Waals surface area contributed by atoms with Gasteiger partial charge in [-0.25, -0.2) is 9.59 Å². The van der Waals surface area contributed by atoms with E-state index in [2.05, 4.69) is 24.5 Å². The van der Waals surface area contributed by atoms with Crippen LogP contribution < -0.4 is 10.6 Å². The highest BCUT2D eigenvalue weighted by atomic mass is 16.4. The quantitative estimate of drug-likeness (QED) is 0.685. The molecule has 1 aliphatic rings. The van der Waals surface area contributed by atoms with Crippen molar-refractivity contribution in [1.82, 2.24) is 10.6 Å². The van der Waals surface area contributed by atoms with Gasteiger partial charge in [0.2, 0.25) is 0 Å². The highest BCUT2D eigenvalue weighted by Gasteiger charge is 2.46. The van der Waals surface area contributed by atoms with Crippen molar-refractivity contribution in [2.24, 2.45) is 11.3 Å². The predicted octanol–water partition coefficient (Wildman–Crippen LogP) is 1.58. The molecule has 0 spiro atoms. The van der Waals surface area contributed by atoms with E-state index in [9.17, 15) is 9.59 Å². The van der Waals surface area contributed by atoms with Crippen LogP contribution in [0, 0.1) is 11.3 Å². The van der Waals surface area contributed by atoms with Crippen molar-refractivity contribution in [1.29, 1.82) is 0 Å². The molecule has 0 radical (unpaired) electrons. The van der Waals surface area contributed by atoms with Gasteiger partial charge >= 0.3 is 12.0 Å². The van der Waals surface area contributed by atoms with Crippen LogP contribution in [0.2, 0.25) is 0 Å². The average Bonchev–Trinajstić information content (AvgIpc) is 2.80. The minimum Gasteiger partial charge on any atom is -0.480 e. The van der Waals surface area contributed by atoms with Crippen LogP contribution >= 0.6 is 0 Å². The molecule has 0 aromatic heterocycles. The van der Waals surface area contributed by atoms with Crippen molar-refractivity contribution < 1.29 is 14.7 Å². The van der Waals surface area contributed by atoms with Crippen LogP contribution in [0.15, 0.2) is 0 Å². The van der Waals surface area contributed by atoms with Crippen LogP contribution in [-0.4, -0.2) is 29.2 Å². The first kappa shape index (κ1) is 13.8. The maximum atomic E-state index is 11.6. The summed E-state index contributed by atoms with van der Waals surface area (Å²) >= 11 is 0. The van der Waals surface area contributed by atoms with E-state index in [4.69, 9.17) is 5.11 Å². The van der Waals surface area contributed by atoms with E-state index in [1.807, 2.05) is 13.8 Å². The van der Waals surface area contributed by atoms with Crippen molar-refractivity contribution in [3.8, 4) is 0 Å². The van der Waals surface area contributed by atoms with Crippen LogP contribution in [0.1, 0.15) is 40.5 Å². The molecule has 0 aromatic rings. The van der Waals surface area contributed by atoms with Gasteiger partial charge < -0.3 is 15.7 Å². The minimum atomic E-state index is -0.982. The summed E-state index contributed by atoms with van der Waals surface area (Å²) in [5.41, 5.74) is 0.145. The van der Waals surface area contributed by atoms with Gasteiger partial charge in [-0.15, -0.1) is 0 Å². The van der Waals surface area contributed by atoms with E-state index in [0.29, 0.717) is 6.42 Å². The molecule has 3 atom stereocenters. The number of carbonyl (C=O) groups excluding carboxylic acids is 1. The number of hydrogen-bond donors (Lipinski definition) is 3. The molecule has 98 valence electrons. The lowest BCUT2D eigenvalue weighted by molar-refractivity contribution is -0.140. The van der Waals surface area contributed by atoms with Crippen molar-refractivity contribution in [2.45, 2.75) is 52.6 Å². The van der Waals surface area contributed by atoms with Gasteiger partial charge in [0, 0.05) is 6.04 Å². The molecule has 0 saturated heterocycles. The summed E-state index contributed by atoms with van der Waals surface area (Å²) in [5, 5.41) is 14.4. The monoisotopic (exact) mass is 242 g/mol. The maximum absolute atomic E-state index is 11.6. The molecule has 1 saturated carbocycles. The molecular weight excluding hydrogens is 220 g/mol. The smallest absolute Gasteiger partial charge is 0.326 e. The van der Waals surface area contributed by atoms with Crippen LogP contribution in [0.3, 0.4) is 0 Å². The van der Waals surface area contributed by atoms with Crippen LogP contribution in [0.25, 0.3) is 0 Å². The second-order valence-electron chi connectivity index (χ2n) is 5.56. The number of aliphatic carboxylic acids is 1. The van der Waals surface area contributed by atoms with Gasteiger partial charge in [-0.05, 0) is 17.8 Å². The highest BCUT2D eigenvalue weighted by Crippen LogP contribution is 2.44. The first-order valence-electron chi connectivity index (χ1n) is 6.07. The molecule has 1 aliphatic carbocycles. The van der Waals surface area contributed by atoms with Crippen molar-refractivity contribution in [3.63, 3.8) is 0 Å². The fraction of sp³-hybridized carbons (Fsp3) is 0.833. The van der Waals surface area contributed by atoms with Crippen molar-refractivity contribution in [2.75, 3.05) is 0 Å². The molecule has 3 N–H and O–H groups in total. The Morgan fingerprint density at radius 1 is 1.47 bits per heavy atom. The van der Waals surface area contributed by atoms with Gasteiger partial charge in [-0.2, -0.15) is 0 Å². The first-order valence-corrected chi connectivity index (χ1v) is 6.07. The number of amides is 2. The molecule has 1 rings (SSSR count). The van der Waals surface area contributed by atoms with Gasteiger partial charge in [0.25, 0.3) is 0 Å². The van der Waals surface area contributed by atoms with E-state index >= 15 is 0 Å². The number of urea groups is 1. The predicted molar refractivity (Wildman–Crippen MR) is 64.7 cm³/mol. The van der Waals surface area contributed by atoms with Crippen molar-refractivity contribution in [3.05, 3.63) is 0 Å². The third-order valence-corrected chi connectivity index (χ3v) is 3.58. The molecular formula is C12H22N2O3. The Hall–Kier alpha value is -1.26. The molecule has 0 aliphatic heterocycles. The summed E-state index contributed by atoms with van der Waals surface area (Å²) in [6, 6.07) is -1.04. The highest BCUT2D eigenvalue weighted by molar-refractivity contribution is 5.83. The zero-order chi connectivity index (χ0) is 13.2. The Bertz CT molecular complexity index is 315. The largest absolute Gasteiger partial charge is 0.480 e. The van der Waals surface area contributed by atoms with E-state index in [-0.39, 0.29) is 23.4 Å². The summed E-state index contributed by atoms with van der Waals surface area (Å²) in [7, 11) is 0. The number of hydrogen-bond acceptors (Lipinski definition) is 2. The average molecular weight is 242 g/mol. The Kier molecular flexibility index (Phi) is 4.01. The van der Waals surface area contributed by atoms with Gasteiger partial charge in [0.05, 0.1) is 0 Å². The Balaban J connectivity index is 2.45. The molecule has 0 bridgehead atoms. The number of nitrogens with one attached hydrogen (secondary N) is 2. The molecule has 0 aromatic carbocycles. The van der Waals surface area contributed by atoms with Gasteiger partial charge in [0.15, 0.2) is 0 Å². The number of carboxylic acid groups (broad SMARTS) is 1. The van der Waals surface area contributed by atoms with Crippen LogP contribution in [-0.2, 0) is 4.79 Å². The number of carbonyl (C=O) groups is 2. The van der Waals surface area contributed by atoms with Crippen molar-refractivity contribution >= 4 is 12.0 Å². The standard InChI is InChI=1S/C12H22N2O3/c1-5-7(2)9(10(15)16)14-11(17)13-8-6-12(8,3)4/h7-9H,5-6H2,1-4H3,(H,15,16)(H2,13,14,17)/t7?,8?,9-/m0/s1. The lowest BCUT2D eigenvalue weighted by Gasteiger charge is -2.20. The zero-order valence-electron chi connectivity index (χ0n) is 10.9. The number of carboxylic acids is 1. The number of rotatable bonds is 5. The van der Waals surface area contributed by atoms with E-state index in [1.165, 1.54) is 0 Å². The maximum Gasteiger partial charge on any atom is 0.326 e. The summed E-state index contributed by atoms with van der Waals surface area (Å²) in [6.45, 7) is 7.87. The van der Waals surface area contributed by atoms with Gasteiger partial charge in [-0.3, -0.25) is 0 Å². The van der Waals surface area contributed by atoms with Crippen LogP contribution in [0.4, 0.5) is 4.79 Å². The summed E-state index contributed by atoms with van der Waals surface area (Å²) in [4.78, 5) is 22.7. The summed E-state index contributed by atoms with van der Waals surface area (Å²) in [5.74, 6) is -1.06. The third kappa shape index (κ3) is 3.61. The topological polar surface area (TPSA) is 78.4 Å². The van der Waals surface area contributed by atoms with Crippen LogP contribution in [0.5, 0.6) is 0 Å². The van der Waals surface area contributed by atoms with E-state index in [0.717, 1.165) is 6.42 Å². The first-order chi connectivity index (χ1) is 7.77. The Morgan fingerprint density at radius 2 is 2.00 bits per heavy atom. The molecule has 1 fully saturated rings. The van der Waals surface area contributed by atoms with Gasteiger partial charge in [0.1, 0.15) is 6.04 Å². The molecule has 17 heavy (non-hydrogen) atoms. The summed E-state index contributed by atoms with van der Waals surface area (Å²) < 4.78 is 0. The van der Waals surface area contributed by atoms with E-state index in [1.54, 1.807) is 0 Å². The molecule has 5 nitrogen and oxygen atoms in total. The third-order valence-electron chi connectivity index (χ3n) is 3.58. The Labute approximate surface area is 102 Å². The lowest BCUT2D eigenvalue weighted by Crippen LogP contribution is -2.50. The normalized spacial score (nSPS) is 24.6. The SMILES string of the molecule is CCC(C)[C@H](NC(=O)NC1CC1(C)C)C(=O)O. The summed E-state index contributed by atoms with van der Waals surface area (Å²) in [6.07, 6.45) is 1.66. The molecule has 0 heterocycles. The Morgan fingerprint density at radius 3 is 2.35 bits per heavy atom.